The average molecular weight is 288 g/mol. The molecule has 2 unspecified atom stereocenters. The highest BCUT2D eigenvalue weighted by molar-refractivity contribution is 5.85. The number of Topliss-reactive ketones (excluding diaryl/α,β-unsaturated/α-hetero) is 1. The number of carbonyl (C=O) groups excluding carboxylic acids is 1. The maximum Gasteiger partial charge on any atom is 0.137 e. The molecule has 2 fully saturated rings. The summed E-state index contributed by atoms with van der Waals surface area (Å²) in [6, 6.07) is 0. The molecule has 112 valence electrons. The van der Waals surface area contributed by atoms with Gasteiger partial charge in [-0.2, -0.15) is 0 Å². The summed E-state index contributed by atoms with van der Waals surface area (Å²) in [6.45, 7) is 0.957. The zero-order valence-electron chi connectivity index (χ0n) is 12.6. The molecule has 0 amide bonds. The van der Waals surface area contributed by atoms with E-state index in [4.69, 9.17) is 0 Å². The topological polar surface area (TPSA) is 20.3 Å². The summed E-state index contributed by atoms with van der Waals surface area (Å²) in [5.41, 5.74) is 0. The van der Waals surface area contributed by atoms with Crippen molar-refractivity contribution in [3.63, 3.8) is 0 Å². The minimum absolute atomic E-state index is 0. The zero-order chi connectivity index (χ0) is 13.0. The van der Waals surface area contributed by atoms with Gasteiger partial charge in [0.15, 0.2) is 0 Å². The van der Waals surface area contributed by atoms with Gasteiger partial charge < -0.3 is 4.90 Å². The molecule has 0 radical (unpaired) electrons. The van der Waals surface area contributed by atoms with E-state index in [1.165, 1.54) is 38.5 Å². The molecular weight excluding hydrogens is 258 g/mol. The van der Waals surface area contributed by atoms with Crippen LogP contribution in [0.15, 0.2) is 0 Å². The number of hydrogen-bond donors (Lipinski definition) is 0. The van der Waals surface area contributed by atoms with E-state index in [1.54, 1.807) is 0 Å². The number of rotatable bonds is 5. The van der Waals surface area contributed by atoms with Gasteiger partial charge >= 0.3 is 0 Å². The van der Waals surface area contributed by atoms with Gasteiger partial charge in [-0.05, 0) is 38.8 Å². The molecule has 2 atom stereocenters. The first-order valence-corrected chi connectivity index (χ1v) is 7.82. The Labute approximate surface area is 124 Å². The molecule has 2 aliphatic carbocycles. The lowest BCUT2D eigenvalue weighted by Gasteiger charge is -2.30. The molecule has 2 saturated carbocycles. The van der Waals surface area contributed by atoms with Crippen molar-refractivity contribution in [2.45, 2.75) is 57.8 Å². The van der Waals surface area contributed by atoms with Crippen LogP contribution < -0.4 is 0 Å². The van der Waals surface area contributed by atoms with Crippen molar-refractivity contribution in [1.82, 2.24) is 4.90 Å². The molecule has 2 nitrogen and oxygen atoms in total. The molecule has 0 aromatic rings. The van der Waals surface area contributed by atoms with Gasteiger partial charge in [-0.1, -0.05) is 38.5 Å². The van der Waals surface area contributed by atoms with E-state index in [0.717, 1.165) is 37.6 Å². The Balaban J connectivity index is 0.00000180. The van der Waals surface area contributed by atoms with Crippen molar-refractivity contribution >= 4 is 18.2 Å². The SMILES string of the molecule is CN(C)CC1CC(CCC2CCCC2)CCC1=O.Cl. The van der Waals surface area contributed by atoms with Crippen molar-refractivity contribution in [1.29, 1.82) is 0 Å². The van der Waals surface area contributed by atoms with E-state index in [0.29, 0.717) is 11.7 Å². The Hall–Kier alpha value is -0.0800. The quantitative estimate of drug-likeness (QED) is 0.764. The van der Waals surface area contributed by atoms with Crippen LogP contribution in [-0.4, -0.2) is 31.3 Å². The first-order valence-electron chi connectivity index (χ1n) is 7.82. The van der Waals surface area contributed by atoms with Crippen LogP contribution in [-0.2, 0) is 4.79 Å². The second-order valence-corrected chi connectivity index (χ2v) is 6.79. The van der Waals surface area contributed by atoms with Gasteiger partial charge in [0.25, 0.3) is 0 Å². The molecule has 0 bridgehead atoms. The van der Waals surface area contributed by atoms with Gasteiger partial charge in [-0.3, -0.25) is 4.79 Å². The van der Waals surface area contributed by atoms with Crippen LogP contribution in [0.2, 0.25) is 0 Å². The van der Waals surface area contributed by atoms with E-state index in [1.807, 2.05) is 0 Å². The molecule has 2 rings (SSSR count). The van der Waals surface area contributed by atoms with Crippen LogP contribution in [0.4, 0.5) is 0 Å². The van der Waals surface area contributed by atoms with Crippen molar-refractivity contribution in [2.75, 3.05) is 20.6 Å². The van der Waals surface area contributed by atoms with E-state index in [2.05, 4.69) is 19.0 Å². The first kappa shape index (κ1) is 17.0. The number of carbonyl (C=O) groups is 1. The second-order valence-electron chi connectivity index (χ2n) is 6.79. The highest BCUT2D eigenvalue weighted by atomic mass is 35.5. The maximum absolute atomic E-state index is 11.9. The highest BCUT2D eigenvalue weighted by Crippen LogP contribution is 2.35. The van der Waals surface area contributed by atoms with Crippen molar-refractivity contribution in [2.24, 2.45) is 17.8 Å². The van der Waals surface area contributed by atoms with Gasteiger partial charge in [0.05, 0.1) is 0 Å². The molecule has 0 N–H and O–H groups in total. The van der Waals surface area contributed by atoms with E-state index in [-0.39, 0.29) is 12.4 Å². The number of nitrogens with zero attached hydrogens (tertiary/aromatic N) is 1. The lowest BCUT2D eigenvalue weighted by atomic mass is 9.77. The summed E-state index contributed by atoms with van der Waals surface area (Å²) in [6.07, 6.45) is 11.8. The fraction of sp³-hybridized carbons (Fsp3) is 0.938. The molecular formula is C16H30ClNO. The summed E-state index contributed by atoms with van der Waals surface area (Å²) >= 11 is 0. The molecule has 2 aliphatic rings. The lowest BCUT2D eigenvalue weighted by Crippen LogP contribution is -2.33. The number of ketones is 1. The largest absolute Gasteiger partial charge is 0.309 e. The smallest absolute Gasteiger partial charge is 0.137 e. The van der Waals surface area contributed by atoms with E-state index in [9.17, 15) is 4.79 Å². The van der Waals surface area contributed by atoms with Gasteiger partial charge in [0.2, 0.25) is 0 Å². The molecule has 0 aromatic carbocycles. The highest BCUT2D eigenvalue weighted by Gasteiger charge is 2.29. The van der Waals surface area contributed by atoms with Gasteiger partial charge in [0.1, 0.15) is 5.78 Å². The normalized spacial score (nSPS) is 28.7. The summed E-state index contributed by atoms with van der Waals surface area (Å²) in [7, 11) is 4.16. The van der Waals surface area contributed by atoms with Crippen LogP contribution in [0.3, 0.4) is 0 Å². The Morgan fingerprint density at radius 1 is 1.05 bits per heavy atom. The third kappa shape index (κ3) is 5.43. The monoisotopic (exact) mass is 287 g/mol. The maximum atomic E-state index is 11.9. The average Bonchev–Trinajstić information content (AvgIpc) is 2.82. The Morgan fingerprint density at radius 2 is 1.68 bits per heavy atom. The van der Waals surface area contributed by atoms with Crippen molar-refractivity contribution in [3.05, 3.63) is 0 Å². The molecule has 3 heteroatoms. The van der Waals surface area contributed by atoms with Crippen LogP contribution in [0, 0.1) is 17.8 Å². The van der Waals surface area contributed by atoms with Gasteiger partial charge in [-0.15, -0.1) is 12.4 Å². The van der Waals surface area contributed by atoms with Crippen molar-refractivity contribution in [3.8, 4) is 0 Å². The summed E-state index contributed by atoms with van der Waals surface area (Å²) in [4.78, 5) is 14.1. The van der Waals surface area contributed by atoms with Crippen LogP contribution >= 0.6 is 12.4 Å². The first-order chi connectivity index (χ1) is 8.65. The van der Waals surface area contributed by atoms with Crippen LogP contribution in [0.25, 0.3) is 0 Å². The predicted molar refractivity (Wildman–Crippen MR) is 82.8 cm³/mol. The Morgan fingerprint density at radius 3 is 2.32 bits per heavy atom. The Kier molecular flexibility index (Phi) is 7.38. The summed E-state index contributed by atoms with van der Waals surface area (Å²) in [5.74, 6) is 2.67. The number of hydrogen-bond acceptors (Lipinski definition) is 2. The standard InChI is InChI=1S/C16H29NO.ClH/c1-17(2)12-15-11-14(9-10-16(15)18)8-7-13-5-3-4-6-13;/h13-15H,3-12H2,1-2H3;1H. The predicted octanol–water partition coefficient (Wildman–Crippen LogP) is 3.93. The minimum atomic E-state index is 0. The van der Waals surface area contributed by atoms with Crippen LogP contribution in [0.1, 0.15) is 57.8 Å². The Bertz CT molecular complexity index is 274. The van der Waals surface area contributed by atoms with Crippen molar-refractivity contribution < 1.29 is 4.79 Å². The summed E-state index contributed by atoms with van der Waals surface area (Å²) in [5, 5.41) is 0. The number of halogens is 1. The molecule has 0 heterocycles. The van der Waals surface area contributed by atoms with Gasteiger partial charge in [0, 0.05) is 18.9 Å². The summed E-state index contributed by atoms with van der Waals surface area (Å²) < 4.78 is 0. The third-order valence-electron chi connectivity index (χ3n) is 4.92. The minimum Gasteiger partial charge on any atom is -0.309 e. The fourth-order valence-electron chi connectivity index (χ4n) is 3.85. The lowest BCUT2D eigenvalue weighted by molar-refractivity contribution is -0.126. The zero-order valence-corrected chi connectivity index (χ0v) is 13.4. The molecule has 0 spiro atoms. The molecule has 0 saturated heterocycles. The molecule has 0 aliphatic heterocycles. The van der Waals surface area contributed by atoms with Crippen LogP contribution in [0.5, 0.6) is 0 Å². The molecule has 19 heavy (non-hydrogen) atoms. The van der Waals surface area contributed by atoms with E-state index < -0.39 is 0 Å². The third-order valence-corrected chi connectivity index (χ3v) is 4.92. The second kappa shape index (κ2) is 8.26. The fourth-order valence-corrected chi connectivity index (χ4v) is 3.85. The molecule has 0 aromatic heterocycles. The van der Waals surface area contributed by atoms with E-state index >= 15 is 0 Å². The van der Waals surface area contributed by atoms with Gasteiger partial charge in [-0.25, -0.2) is 0 Å².